The molecule has 0 saturated heterocycles. The molecule has 1 aromatic heterocycles. The molecule has 0 spiro atoms. The highest BCUT2D eigenvalue weighted by atomic mass is 19.4. The van der Waals surface area contributed by atoms with Gasteiger partial charge in [-0.1, -0.05) is 0 Å². The zero-order chi connectivity index (χ0) is 14.2. The van der Waals surface area contributed by atoms with Crippen molar-refractivity contribution in [1.82, 2.24) is 9.55 Å². The summed E-state index contributed by atoms with van der Waals surface area (Å²) in [6.07, 6.45) is -1.62. The van der Waals surface area contributed by atoms with E-state index in [1.807, 2.05) is 0 Å². The second-order valence-electron chi connectivity index (χ2n) is 4.10. The normalized spacial score (nSPS) is 13.6. The smallest absolute Gasteiger partial charge is 0.336 e. The van der Waals surface area contributed by atoms with Gasteiger partial charge in [0.05, 0.1) is 11.6 Å². The molecule has 7 heteroatoms. The third-order valence-electron chi connectivity index (χ3n) is 2.79. The summed E-state index contributed by atoms with van der Waals surface area (Å²) in [4.78, 5) is 3.89. The van der Waals surface area contributed by atoms with Gasteiger partial charge in [-0.15, -0.1) is 0 Å². The van der Waals surface area contributed by atoms with Crippen LogP contribution in [0.4, 0.5) is 17.6 Å². The van der Waals surface area contributed by atoms with Gasteiger partial charge in [-0.3, -0.25) is 0 Å². The van der Waals surface area contributed by atoms with Crippen LogP contribution in [0.15, 0.2) is 30.6 Å². The lowest BCUT2D eigenvalue weighted by molar-refractivity contribution is -0.138. The number of aromatic nitrogens is 2. The fourth-order valence-corrected chi connectivity index (χ4v) is 1.86. The Morgan fingerprint density at radius 1 is 1.32 bits per heavy atom. The molecule has 0 saturated carbocycles. The Morgan fingerprint density at radius 2 is 2.00 bits per heavy atom. The number of hydrogen-bond donors (Lipinski definition) is 1. The van der Waals surface area contributed by atoms with Gasteiger partial charge in [0.25, 0.3) is 0 Å². The Labute approximate surface area is 106 Å². The molecule has 2 N–H and O–H groups in total. The van der Waals surface area contributed by atoms with E-state index in [4.69, 9.17) is 5.73 Å². The summed E-state index contributed by atoms with van der Waals surface area (Å²) in [7, 11) is 1.61. The van der Waals surface area contributed by atoms with Crippen LogP contribution in [-0.2, 0) is 13.2 Å². The van der Waals surface area contributed by atoms with Crippen LogP contribution in [0.1, 0.15) is 23.0 Å². The molecule has 0 aliphatic carbocycles. The first kappa shape index (κ1) is 13.5. The molecule has 2 aromatic rings. The SMILES string of the molecule is Cn1ccnc1C(N)c1cc(F)ccc1C(F)(F)F. The van der Waals surface area contributed by atoms with E-state index in [0.29, 0.717) is 6.07 Å². The molecule has 0 radical (unpaired) electrons. The number of alkyl halides is 3. The van der Waals surface area contributed by atoms with Crippen molar-refractivity contribution < 1.29 is 17.6 Å². The molecule has 102 valence electrons. The molecule has 0 fully saturated rings. The number of hydrogen-bond acceptors (Lipinski definition) is 2. The van der Waals surface area contributed by atoms with Crippen molar-refractivity contribution in [3.05, 3.63) is 53.4 Å². The first-order valence-corrected chi connectivity index (χ1v) is 5.40. The largest absolute Gasteiger partial charge is 0.416 e. The van der Waals surface area contributed by atoms with E-state index >= 15 is 0 Å². The molecule has 0 aliphatic heterocycles. The second kappa shape index (κ2) is 4.65. The Balaban J connectivity index is 2.55. The van der Waals surface area contributed by atoms with E-state index in [-0.39, 0.29) is 11.4 Å². The minimum Gasteiger partial charge on any atom is -0.336 e. The van der Waals surface area contributed by atoms with Crippen molar-refractivity contribution in [2.45, 2.75) is 12.2 Å². The third kappa shape index (κ3) is 2.60. The lowest BCUT2D eigenvalue weighted by Gasteiger charge is -2.18. The van der Waals surface area contributed by atoms with Crippen molar-refractivity contribution in [3.8, 4) is 0 Å². The van der Waals surface area contributed by atoms with Crippen LogP contribution in [-0.4, -0.2) is 9.55 Å². The summed E-state index contributed by atoms with van der Waals surface area (Å²) < 4.78 is 53.3. The van der Waals surface area contributed by atoms with Gasteiger partial charge in [-0.25, -0.2) is 9.37 Å². The van der Waals surface area contributed by atoms with Gasteiger partial charge in [0.2, 0.25) is 0 Å². The molecule has 19 heavy (non-hydrogen) atoms. The molecular weight excluding hydrogens is 262 g/mol. The van der Waals surface area contributed by atoms with E-state index in [0.717, 1.165) is 12.1 Å². The van der Waals surface area contributed by atoms with Gasteiger partial charge in [-0.2, -0.15) is 13.2 Å². The van der Waals surface area contributed by atoms with Crippen molar-refractivity contribution in [2.75, 3.05) is 0 Å². The summed E-state index contributed by atoms with van der Waals surface area (Å²) in [6.45, 7) is 0. The summed E-state index contributed by atoms with van der Waals surface area (Å²) in [5, 5.41) is 0. The Kier molecular flexibility index (Phi) is 3.32. The summed E-state index contributed by atoms with van der Waals surface area (Å²) in [5.41, 5.74) is 4.49. The van der Waals surface area contributed by atoms with Crippen LogP contribution >= 0.6 is 0 Å². The number of rotatable bonds is 2. The number of aryl methyl sites for hydroxylation is 1. The maximum Gasteiger partial charge on any atom is 0.416 e. The van der Waals surface area contributed by atoms with Crippen molar-refractivity contribution in [1.29, 1.82) is 0 Å². The summed E-state index contributed by atoms with van der Waals surface area (Å²) in [6, 6.07) is 1.10. The van der Waals surface area contributed by atoms with Crippen molar-refractivity contribution in [2.24, 2.45) is 12.8 Å². The van der Waals surface area contributed by atoms with Crippen LogP contribution in [0.25, 0.3) is 0 Å². The third-order valence-corrected chi connectivity index (χ3v) is 2.79. The first-order chi connectivity index (χ1) is 8.80. The molecule has 1 unspecified atom stereocenters. The molecule has 1 atom stereocenters. The summed E-state index contributed by atoms with van der Waals surface area (Å²) in [5.74, 6) is -0.538. The van der Waals surface area contributed by atoms with Crippen LogP contribution < -0.4 is 5.73 Å². The minimum atomic E-state index is -4.59. The summed E-state index contributed by atoms with van der Waals surface area (Å²) >= 11 is 0. The number of nitrogens with two attached hydrogens (primary N) is 1. The van der Waals surface area contributed by atoms with E-state index in [9.17, 15) is 17.6 Å². The number of halogens is 4. The highest BCUT2D eigenvalue weighted by molar-refractivity contribution is 5.36. The maximum atomic E-state index is 13.2. The average molecular weight is 273 g/mol. The molecule has 0 amide bonds. The predicted octanol–water partition coefficient (Wildman–Crippen LogP) is 2.63. The number of nitrogens with zero attached hydrogens (tertiary/aromatic N) is 2. The topological polar surface area (TPSA) is 43.8 Å². The average Bonchev–Trinajstić information content (AvgIpc) is 2.72. The van der Waals surface area contributed by atoms with Crippen molar-refractivity contribution in [3.63, 3.8) is 0 Å². The highest BCUT2D eigenvalue weighted by Gasteiger charge is 2.35. The maximum absolute atomic E-state index is 13.2. The fourth-order valence-electron chi connectivity index (χ4n) is 1.86. The van der Waals surface area contributed by atoms with Gasteiger partial charge in [0.15, 0.2) is 0 Å². The van der Waals surface area contributed by atoms with Crippen LogP contribution in [0.2, 0.25) is 0 Å². The molecule has 1 aromatic carbocycles. The molecule has 2 rings (SSSR count). The van der Waals surface area contributed by atoms with Crippen LogP contribution in [0, 0.1) is 5.82 Å². The minimum absolute atomic E-state index is 0.233. The lowest BCUT2D eigenvalue weighted by Crippen LogP contribution is -2.21. The highest BCUT2D eigenvalue weighted by Crippen LogP contribution is 2.35. The van der Waals surface area contributed by atoms with E-state index in [1.165, 1.54) is 10.8 Å². The fraction of sp³-hybridized carbons (Fsp3) is 0.250. The standard InChI is InChI=1S/C12H11F4N3/c1-19-5-4-18-11(19)10(17)8-6-7(13)2-3-9(8)12(14,15)16/h2-6,10H,17H2,1H3. The first-order valence-electron chi connectivity index (χ1n) is 5.40. The van der Waals surface area contributed by atoms with E-state index < -0.39 is 23.6 Å². The second-order valence-corrected chi connectivity index (χ2v) is 4.10. The zero-order valence-electron chi connectivity index (χ0n) is 9.95. The van der Waals surface area contributed by atoms with E-state index in [1.54, 1.807) is 13.2 Å². The Bertz CT molecular complexity index is 589. The van der Waals surface area contributed by atoms with Crippen molar-refractivity contribution >= 4 is 0 Å². The lowest BCUT2D eigenvalue weighted by atomic mass is 9.99. The van der Waals surface area contributed by atoms with Gasteiger partial charge < -0.3 is 10.3 Å². The quantitative estimate of drug-likeness (QED) is 0.855. The Morgan fingerprint density at radius 3 is 2.53 bits per heavy atom. The predicted molar refractivity (Wildman–Crippen MR) is 60.6 cm³/mol. The molecular formula is C12H11F4N3. The zero-order valence-corrected chi connectivity index (χ0v) is 9.95. The van der Waals surface area contributed by atoms with Gasteiger partial charge >= 0.3 is 6.18 Å². The van der Waals surface area contributed by atoms with Gasteiger partial charge in [0.1, 0.15) is 11.6 Å². The number of benzene rings is 1. The van der Waals surface area contributed by atoms with Crippen LogP contribution in [0.3, 0.4) is 0 Å². The van der Waals surface area contributed by atoms with Gasteiger partial charge in [0, 0.05) is 19.4 Å². The van der Waals surface area contributed by atoms with Gasteiger partial charge in [-0.05, 0) is 23.8 Å². The Hall–Kier alpha value is -1.89. The van der Waals surface area contributed by atoms with E-state index in [2.05, 4.69) is 4.98 Å². The monoisotopic (exact) mass is 273 g/mol. The molecule has 3 nitrogen and oxygen atoms in total. The van der Waals surface area contributed by atoms with Crippen LogP contribution in [0.5, 0.6) is 0 Å². The number of imidazole rings is 1. The molecule has 1 heterocycles. The molecule has 0 bridgehead atoms. The molecule has 0 aliphatic rings.